The van der Waals surface area contributed by atoms with Gasteiger partial charge >= 0.3 is 21.7 Å². The van der Waals surface area contributed by atoms with Crippen LogP contribution in [0.3, 0.4) is 0 Å². The van der Waals surface area contributed by atoms with Gasteiger partial charge in [0.15, 0.2) is 0 Å². The first-order valence-corrected chi connectivity index (χ1v) is 6.15. The van der Waals surface area contributed by atoms with Crippen molar-refractivity contribution >= 4 is 21.5 Å². The third-order valence-electron chi connectivity index (χ3n) is 3.08. The molecule has 21 heavy (non-hydrogen) atoms. The van der Waals surface area contributed by atoms with E-state index >= 15 is 0 Å². The molecule has 0 heterocycles. The molecule has 0 radical (unpaired) electrons. The van der Waals surface area contributed by atoms with Crippen molar-refractivity contribution in [2.24, 2.45) is 0 Å². The van der Waals surface area contributed by atoms with Crippen LogP contribution in [0.5, 0.6) is 0 Å². The third-order valence-corrected chi connectivity index (χ3v) is 3.08. The van der Waals surface area contributed by atoms with Gasteiger partial charge in [0.05, 0.1) is 0 Å². The van der Waals surface area contributed by atoms with Crippen molar-refractivity contribution in [2.75, 3.05) is 0 Å². The molecule has 0 amide bonds. The van der Waals surface area contributed by atoms with E-state index in [4.69, 9.17) is 0 Å². The largest absolute Gasteiger partial charge is 4.00 e. The summed E-state index contributed by atoms with van der Waals surface area (Å²) in [6, 6.07) is 29.3. The van der Waals surface area contributed by atoms with Crippen molar-refractivity contribution in [3.63, 3.8) is 0 Å². The van der Waals surface area contributed by atoms with Crippen LogP contribution in [0.4, 0.5) is 0 Å². The fourth-order valence-corrected chi connectivity index (χ4v) is 2.22. The standard InChI is InChI=1S/C13H9.C5H5.2CH3.Ti/c1-3-7-12-10(5-1)9-11-6-2-4-8-13(11)12;1-2-4-5-3-1;;;/h1-9H;1-5H;2*1H3;/q4*-1;+4. The Labute approximate surface area is 143 Å². The number of rotatable bonds is 0. The Morgan fingerprint density at radius 3 is 1.38 bits per heavy atom. The summed E-state index contributed by atoms with van der Waals surface area (Å²) in [5, 5.41) is 5.39. The van der Waals surface area contributed by atoms with E-state index < -0.39 is 0 Å². The number of fused-ring (bicyclic) bond motifs is 3. The van der Waals surface area contributed by atoms with Gasteiger partial charge in [0.1, 0.15) is 0 Å². The molecule has 104 valence electrons. The molecule has 0 saturated carbocycles. The first-order valence-electron chi connectivity index (χ1n) is 6.15. The Kier molecular flexibility index (Phi) is 8.61. The fourth-order valence-electron chi connectivity index (χ4n) is 2.22. The van der Waals surface area contributed by atoms with Crippen LogP contribution in [0.25, 0.3) is 21.5 Å². The van der Waals surface area contributed by atoms with Crippen molar-refractivity contribution in [1.29, 1.82) is 0 Å². The van der Waals surface area contributed by atoms with Crippen LogP contribution in [0.15, 0.2) is 84.9 Å². The zero-order valence-corrected chi connectivity index (χ0v) is 14.1. The average molecular weight is 308 g/mol. The smallest absolute Gasteiger partial charge is 0.358 e. The van der Waals surface area contributed by atoms with Crippen LogP contribution in [-0.4, -0.2) is 0 Å². The molecule has 1 heteroatoms. The Morgan fingerprint density at radius 2 is 1.00 bits per heavy atom. The molecular formula is C20H20Ti. The predicted molar refractivity (Wildman–Crippen MR) is 91.9 cm³/mol. The Balaban J connectivity index is 0.000000437. The molecule has 0 aliphatic heterocycles. The van der Waals surface area contributed by atoms with E-state index in [1.165, 1.54) is 21.5 Å². The summed E-state index contributed by atoms with van der Waals surface area (Å²) in [5.74, 6) is 0. The van der Waals surface area contributed by atoms with E-state index in [0.29, 0.717) is 0 Å². The molecule has 0 saturated heterocycles. The summed E-state index contributed by atoms with van der Waals surface area (Å²) in [6.07, 6.45) is 0. The third kappa shape index (κ3) is 4.42. The van der Waals surface area contributed by atoms with Gasteiger partial charge in [-0.25, -0.2) is 12.1 Å². The summed E-state index contributed by atoms with van der Waals surface area (Å²) in [5.41, 5.74) is 0. The number of hydrogen-bond donors (Lipinski definition) is 0. The van der Waals surface area contributed by atoms with Gasteiger partial charge in [-0.3, -0.25) is 0 Å². The quantitative estimate of drug-likeness (QED) is 0.275. The Bertz CT molecular complexity index is 665. The minimum Gasteiger partial charge on any atom is -0.358 e. The van der Waals surface area contributed by atoms with Gasteiger partial charge in [-0.05, 0) is 0 Å². The van der Waals surface area contributed by atoms with Gasteiger partial charge in [0.2, 0.25) is 0 Å². The van der Waals surface area contributed by atoms with Gasteiger partial charge in [-0.1, -0.05) is 36.4 Å². The van der Waals surface area contributed by atoms with Crippen molar-refractivity contribution < 1.29 is 21.7 Å². The second kappa shape index (κ2) is 9.34. The van der Waals surface area contributed by atoms with Gasteiger partial charge in [0, 0.05) is 0 Å². The maximum atomic E-state index is 2.24. The van der Waals surface area contributed by atoms with Gasteiger partial charge < -0.3 is 14.9 Å². The van der Waals surface area contributed by atoms with E-state index in [0.717, 1.165) is 0 Å². The maximum absolute atomic E-state index is 2.24. The van der Waals surface area contributed by atoms with Crippen molar-refractivity contribution in [3.8, 4) is 0 Å². The monoisotopic (exact) mass is 308 g/mol. The Hall–Kier alpha value is -1.63. The molecule has 0 spiro atoms. The molecule has 0 aliphatic rings. The molecule has 0 unspecified atom stereocenters. The van der Waals surface area contributed by atoms with Crippen LogP contribution in [-0.2, 0) is 21.7 Å². The minimum absolute atomic E-state index is 0. The first kappa shape index (κ1) is 19.4. The second-order valence-electron chi connectivity index (χ2n) is 4.28. The van der Waals surface area contributed by atoms with E-state index in [2.05, 4.69) is 54.6 Å². The zero-order chi connectivity index (χ0) is 12.2. The molecular weight excluding hydrogens is 288 g/mol. The van der Waals surface area contributed by atoms with Crippen LogP contribution >= 0.6 is 0 Å². The zero-order valence-electron chi connectivity index (χ0n) is 12.6. The van der Waals surface area contributed by atoms with Gasteiger partial charge in [-0.15, -0.1) is 39.7 Å². The second-order valence-corrected chi connectivity index (χ2v) is 4.28. The molecule has 0 atom stereocenters. The Morgan fingerprint density at radius 1 is 0.571 bits per heavy atom. The molecule has 0 fully saturated rings. The van der Waals surface area contributed by atoms with Crippen LogP contribution < -0.4 is 0 Å². The normalized spacial score (nSPS) is 8.76. The molecule has 0 N–H and O–H groups in total. The average Bonchev–Trinajstić information content (AvgIpc) is 3.10. The predicted octanol–water partition coefficient (Wildman–Crippen LogP) is 6.02. The topological polar surface area (TPSA) is 0 Å². The minimum atomic E-state index is 0. The molecule has 4 rings (SSSR count). The summed E-state index contributed by atoms with van der Waals surface area (Å²) < 4.78 is 0. The van der Waals surface area contributed by atoms with Crippen LogP contribution in [0.1, 0.15) is 0 Å². The number of benzene rings is 2. The molecule has 4 aromatic rings. The molecule has 0 aliphatic carbocycles. The van der Waals surface area contributed by atoms with E-state index in [-0.39, 0.29) is 36.6 Å². The SMILES string of the molecule is [CH3-].[CH3-].[Ti+4].c1cc[cH-]c1.c1ccc2c(c1)[cH-]c1ccccc12. The summed E-state index contributed by atoms with van der Waals surface area (Å²) in [4.78, 5) is 0. The molecule has 0 nitrogen and oxygen atoms in total. The van der Waals surface area contributed by atoms with E-state index in [1.54, 1.807) is 0 Å². The van der Waals surface area contributed by atoms with E-state index in [9.17, 15) is 0 Å². The fraction of sp³-hybridized carbons (Fsp3) is 0. The van der Waals surface area contributed by atoms with Crippen molar-refractivity contribution in [1.82, 2.24) is 0 Å². The molecule has 0 aromatic heterocycles. The molecule has 4 aromatic carbocycles. The summed E-state index contributed by atoms with van der Waals surface area (Å²) >= 11 is 0. The van der Waals surface area contributed by atoms with Crippen molar-refractivity contribution in [2.45, 2.75) is 0 Å². The van der Waals surface area contributed by atoms with Gasteiger partial charge in [0.25, 0.3) is 0 Å². The maximum Gasteiger partial charge on any atom is 4.00 e. The summed E-state index contributed by atoms with van der Waals surface area (Å²) in [6.45, 7) is 0. The summed E-state index contributed by atoms with van der Waals surface area (Å²) in [7, 11) is 0. The molecule has 0 bridgehead atoms. The van der Waals surface area contributed by atoms with Crippen LogP contribution in [0, 0.1) is 14.9 Å². The number of hydrogen-bond acceptors (Lipinski definition) is 0. The first-order chi connectivity index (χ1) is 8.95. The van der Waals surface area contributed by atoms with Crippen molar-refractivity contribution in [3.05, 3.63) is 99.8 Å². The van der Waals surface area contributed by atoms with Gasteiger partial charge in [-0.2, -0.15) is 18.2 Å². The van der Waals surface area contributed by atoms with E-state index in [1.807, 2.05) is 30.3 Å². The van der Waals surface area contributed by atoms with Crippen LogP contribution in [0.2, 0.25) is 0 Å².